The van der Waals surface area contributed by atoms with Crippen LogP contribution in [0.4, 0.5) is 0 Å². The van der Waals surface area contributed by atoms with Crippen LogP contribution in [0.3, 0.4) is 0 Å². The second kappa shape index (κ2) is 13.4. The second-order valence-electron chi connectivity index (χ2n) is 17.6. The second-order valence-corrected chi connectivity index (χ2v) is 17.6. The van der Waals surface area contributed by atoms with E-state index in [-0.39, 0.29) is 6.92 Å². The van der Waals surface area contributed by atoms with E-state index in [2.05, 4.69) is 232 Å². The molecular weight excluding hydrogens is 805 g/mol. The maximum atomic E-state index is 7.09. The fourth-order valence-electron chi connectivity index (χ4n) is 11.3. The van der Waals surface area contributed by atoms with Crippen LogP contribution in [-0.2, 0) is 0 Å². The molecule has 5 heterocycles. The zero-order chi connectivity index (χ0) is 43.0. The van der Waals surface area contributed by atoms with Gasteiger partial charge in [-0.3, -0.25) is 0 Å². The van der Waals surface area contributed by atoms with E-state index < -0.39 is 0 Å². The predicted octanol–water partition coefficient (Wildman–Crippen LogP) is 13.9. The van der Waals surface area contributed by atoms with Crippen molar-refractivity contribution in [2.24, 2.45) is 0 Å². The molecule has 2 aliphatic heterocycles. The molecule has 0 fully saturated rings. The Kier molecular flexibility index (Phi) is 7.24. The highest BCUT2D eigenvalue weighted by Gasteiger charge is 2.41. The van der Waals surface area contributed by atoms with Gasteiger partial charge in [0.25, 0.3) is 0 Å². The van der Waals surface area contributed by atoms with Gasteiger partial charge in [0.05, 0.1) is 44.5 Å². The first-order chi connectivity index (χ1) is 32.7. The van der Waals surface area contributed by atoms with Crippen molar-refractivity contribution >= 4 is 83.3 Å². The van der Waals surface area contributed by atoms with Crippen molar-refractivity contribution in [3.8, 4) is 56.6 Å². The van der Waals surface area contributed by atoms with Crippen molar-refractivity contribution in [2.45, 2.75) is 0 Å². The molecule has 10 aromatic carbocycles. The van der Waals surface area contributed by atoms with E-state index in [1.807, 2.05) is 0 Å². The van der Waals surface area contributed by atoms with Crippen molar-refractivity contribution in [2.75, 3.05) is 0 Å². The summed E-state index contributed by atoms with van der Waals surface area (Å²) in [4.78, 5) is 0. The van der Waals surface area contributed by atoms with Gasteiger partial charge in [0.15, 0.2) is 0 Å². The molecule has 6 heteroatoms. The molecule has 15 rings (SSSR count). The largest absolute Gasteiger partial charge is 0.551 e. The summed E-state index contributed by atoms with van der Waals surface area (Å²) in [6, 6.07) is 78.8. The van der Waals surface area contributed by atoms with E-state index in [1.54, 1.807) is 0 Å². The number of hydrogen-bond acceptors (Lipinski definition) is 2. The summed E-state index contributed by atoms with van der Waals surface area (Å²) in [5.41, 5.74) is 16.7. The molecule has 0 radical (unpaired) electrons. The normalized spacial score (nSPS) is 12.8. The summed E-state index contributed by atoms with van der Waals surface area (Å²) in [7, 11) is 0. The van der Waals surface area contributed by atoms with Gasteiger partial charge < -0.3 is 23.1 Å². The summed E-state index contributed by atoms with van der Waals surface area (Å²) in [6.45, 7) is -0.366. The van der Waals surface area contributed by atoms with Crippen molar-refractivity contribution in [1.82, 2.24) is 13.7 Å². The minimum Gasteiger partial charge on any atom is -0.551 e. The van der Waals surface area contributed by atoms with Gasteiger partial charge in [0.1, 0.15) is 17.2 Å². The minimum absolute atomic E-state index is 0.366. The Labute approximate surface area is 379 Å². The molecule has 66 heavy (non-hydrogen) atoms. The van der Waals surface area contributed by atoms with Crippen molar-refractivity contribution in [1.29, 1.82) is 0 Å². The van der Waals surface area contributed by atoms with Crippen LogP contribution in [0.25, 0.3) is 105 Å². The first-order valence-corrected chi connectivity index (χ1v) is 22.6. The molecule has 306 valence electrons. The molecule has 5 nitrogen and oxygen atoms in total. The fraction of sp³-hybridized carbons (Fsp3) is 0. The molecule has 13 aromatic rings. The lowest BCUT2D eigenvalue weighted by atomic mass is 9.50. The van der Waals surface area contributed by atoms with Gasteiger partial charge in [-0.2, -0.15) is 0 Å². The van der Waals surface area contributed by atoms with E-state index in [9.17, 15) is 0 Å². The monoisotopic (exact) mass is 841 g/mol. The molecule has 0 unspecified atom stereocenters. The van der Waals surface area contributed by atoms with Crippen LogP contribution in [0.5, 0.6) is 17.2 Å². The maximum absolute atomic E-state index is 7.09. The average Bonchev–Trinajstić information content (AvgIpc) is 4.02. The first-order valence-electron chi connectivity index (χ1n) is 22.6. The molecule has 0 spiro atoms. The van der Waals surface area contributed by atoms with Gasteiger partial charge in [0, 0.05) is 60.6 Å². The van der Waals surface area contributed by atoms with E-state index >= 15 is 0 Å². The number of rotatable bonds is 4. The van der Waals surface area contributed by atoms with Gasteiger partial charge in [-0.1, -0.05) is 146 Å². The van der Waals surface area contributed by atoms with Crippen LogP contribution in [0, 0.1) is 0 Å². The number of fused-ring (bicyclic) bond motifs is 13. The van der Waals surface area contributed by atoms with Gasteiger partial charge in [-0.15, -0.1) is 0 Å². The zero-order valence-electron chi connectivity index (χ0n) is 35.5. The Bertz CT molecular complexity index is 4100. The van der Waals surface area contributed by atoms with E-state index in [1.165, 1.54) is 54.4 Å². The summed E-state index contributed by atoms with van der Waals surface area (Å²) in [5.74, 6) is 2.46. The smallest absolute Gasteiger partial charge is 0.434 e. The third-order valence-electron chi connectivity index (χ3n) is 14.1. The Hall–Kier alpha value is -8.74. The lowest BCUT2D eigenvalue weighted by Gasteiger charge is -2.33. The molecule has 0 saturated heterocycles. The third kappa shape index (κ3) is 4.90. The lowest BCUT2D eigenvalue weighted by molar-refractivity contribution is 0.479. The highest BCUT2D eigenvalue weighted by atomic mass is 16.5. The highest BCUT2D eigenvalue weighted by Crippen LogP contribution is 2.44. The minimum atomic E-state index is -0.366. The standard InChI is InChI=1S/C60H36BN3O2/c1-7-24-50-41(17-1)42-18-2-8-25-51(42)62(50)39-16-13-15-37(33-39)38-31-32-57-49(34-38)61-59-48(46-22-6-12-30-56(46)66-61)35-40(36-58(59)65-57)63-52-26-9-5-21-45(52)47-23-14-29-55(60(47)63)64-53-27-10-3-19-43(53)44-20-4-11-28-54(44)64/h1-36H. The van der Waals surface area contributed by atoms with E-state index in [0.717, 1.165) is 78.5 Å². The fourth-order valence-corrected chi connectivity index (χ4v) is 11.3. The molecule has 2 aliphatic rings. The average molecular weight is 842 g/mol. The Morgan fingerprint density at radius 2 is 0.879 bits per heavy atom. The first kappa shape index (κ1) is 35.7. The van der Waals surface area contributed by atoms with Crippen LogP contribution in [0.2, 0.25) is 0 Å². The summed E-state index contributed by atoms with van der Waals surface area (Å²) in [5, 5.41) is 7.36. The van der Waals surface area contributed by atoms with E-state index in [4.69, 9.17) is 9.39 Å². The van der Waals surface area contributed by atoms with Gasteiger partial charge in [0.2, 0.25) is 0 Å². The number of hydrogen-bond donors (Lipinski definition) is 0. The van der Waals surface area contributed by atoms with Crippen LogP contribution in [0.15, 0.2) is 218 Å². The molecular formula is C60H36BN3O2. The third-order valence-corrected chi connectivity index (χ3v) is 14.1. The Balaban J connectivity index is 0.920. The maximum Gasteiger partial charge on any atom is 0.434 e. The van der Waals surface area contributed by atoms with E-state index in [0.29, 0.717) is 0 Å². The van der Waals surface area contributed by atoms with Crippen molar-refractivity contribution in [3.63, 3.8) is 0 Å². The number of ether oxygens (including phenoxy) is 1. The SMILES string of the molecule is c1cc(-c2ccc3c(c2)B2Oc4ccccc4-c4cc(-n5c6ccccc6c6cccc(-n7c8ccccc8c8ccccc87)c65)cc(c42)O3)cc(-n2c3ccccc3c3ccccc32)c1. The number of aromatic nitrogens is 3. The topological polar surface area (TPSA) is 33.2 Å². The van der Waals surface area contributed by atoms with Crippen LogP contribution >= 0.6 is 0 Å². The molecule has 0 atom stereocenters. The van der Waals surface area contributed by atoms with Crippen LogP contribution < -0.4 is 20.3 Å². The summed E-state index contributed by atoms with van der Waals surface area (Å²) >= 11 is 0. The summed E-state index contributed by atoms with van der Waals surface area (Å²) < 4.78 is 21.4. The van der Waals surface area contributed by atoms with Gasteiger partial charge >= 0.3 is 6.92 Å². The molecule has 0 bridgehead atoms. The highest BCUT2D eigenvalue weighted by molar-refractivity contribution is 6.84. The van der Waals surface area contributed by atoms with Gasteiger partial charge in [-0.05, 0) is 83.4 Å². The Morgan fingerprint density at radius 1 is 0.333 bits per heavy atom. The summed E-state index contributed by atoms with van der Waals surface area (Å²) in [6.07, 6.45) is 0. The predicted molar refractivity (Wildman–Crippen MR) is 272 cm³/mol. The zero-order valence-corrected chi connectivity index (χ0v) is 35.5. The van der Waals surface area contributed by atoms with Crippen molar-refractivity contribution < 1.29 is 9.39 Å². The molecule has 0 saturated carbocycles. The van der Waals surface area contributed by atoms with Crippen LogP contribution in [0.1, 0.15) is 0 Å². The number of benzene rings is 10. The quantitative estimate of drug-likeness (QED) is 0.165. The lowest BCUT2D eigenvalue weighted by Crippen LogP contribution is -2.53. The van der Waals surface area contributed by atoms with Gasteiger partial charge in [-0.25, -0.2) is 0 Å². The molecule has 0 aliphatic carbocycles. The Morgan fingerprint density at radius 3 is 1.56 bits per heavy atom. The number of para-hydroxylation sites is 7. The molecule has 3 aromatic heterocycles. The van der Waals surface area contributed by atoms with Crippen molar-refractivity contribution in [3.05, 3.63) is 218 Å². The molecule has 0 N–H and O–H groups in total. The molecule has 0 amide bonds. The van der Waals surface area contributed by atoms with Crippen LogP contribution in [-0.4, -0.2) is 20.6 Å². The number of nitrogens with zero attached hydrogens (tertiary/aromatic N) is 3.